The molecular weight excluding hydrogens is 460 g/mol. The van der Waals surface area contributed by atoms with E-state index in [0.29, 0.717) is 21.2 Å². The Hall–Kier alpha value is -2.77. The average molecular weight is 481 g/mol. The second-order valence-corrected chi connectivity index (χ2v) is 10.7. The van der Waals surface area contributed by atoms with E-state index in [1.54, 1.807) is 24.3 Å². The molecule has 3 aliphatic carbocycles. The summed E-state index contributed by atoms with van der Waals surface area (Å²) >= 11 is 7.38. The van der Waals surface area contributed by atoms with Gasteiger partial charge < -0.3 is 5.32 Å². The topological polar surface area (TPSA) is 83.6 Å². The van der Waals surface area contributed by atoms with Gasteiger partial charge in [0.15, 0.2) is 5.78 Å². The summed E-state index contributed by atoms with van der Waals surface area (Å²) in [6, 6.07) is 6.70. The van der Waals surface area contributed by atoms with E-state index in [-0.39, 0.29) is 47.8 Å². The molecule has 4 aliphatic rings. The number of rotatable bonds is 5. The number of amides is 3. The first-order valence-corrected chi connectivity index (χ1v) is 12.4. The fourth-order valence-electron chi connectivity index (χ4n) is 5.91. The molecular formula is C25H21ClN2O4S. The maximum atomic E-state index is 13.3. The van der Waals surface area contributed by atoms with Gasteiger partial charge in [0, 0.05) is 15.5 Å². The minimum Gasteiger partial charge on any atom is -0.316 e. The zero-order valence-electron chi connectivity index (χ0n) is 17.7. The molecule has 1 saturated carbocycles. The number of imide groups is 1. The van der Waals surface area contributed by atoms with Crippen LogP contribution in [0.15, 0.2) is 36.4 Å². The van der Waals surface area contributed by atoms with Crippen molar-refractivity contribution in [2.45, 2.75) is 25.7 Å². The molecule has 6 nitrogen and oxygen atoms in total. The van der Waals surface area contributed by atoms with Crippen LogP contribution in [0.3, 0.4) is 0 Å². The number of nitrogens with zero attached hydrogens (tertiary/aromatic N) is 1. The van der Waals surface area contributed by atoms with Crippen LogP contribution in [-0.2, 0) is 27.2 Å². The summed E-state index contributed by atoms with van der Waals surface area (Å²) in [5.74, 6) is -1.55. The Morgan fingerprint density at radius 3 is 2.36 bits per heavy atom. The molecule has 1 aliphatic heterocycles. The van der Waals surface area contributed by atoms with Crippen LogP contribution in [0, 0.1) is 23.7 Å². The standard InChI is InChI=1S/C25H21ClN2O4S/c26-15-8-6-12(7-9-15)22(30)21-16-2-1-3-17(16)33-23(21)27-18(29)11-28-24(31)19-13-4-5-14(10-13)20(19)25(28)32/h4-9,13-14,19-20H,1-3,10-11H2,(H,27,29). The van der Waals surface area contributed by atoms with Crippen molar-refractivity contribution in [1.82, 2.24) is 4.90 Å². The van der Waals surface area contributed by atoms with E-state index < -0.39 is 5.91 Å². The highest BCUT2D eigenvalue weighted by atomic mass is 35.5. The lowest BCUT2D eigenvalue weighted by Gasteiger charge is -2.17. The number of aryl methyl sites for hydroxylation is 1. The van der Waals surface area contributed by atoms with Gasteiger partial charge in [-0.25, -0.2) is 0 Å². The molecule has 6 rings (SSSR count). The highest BCUT2D eigenvalue weighted by molar-refractivity contribution is 7.17. The van der Waals surface area contributed by atoms with Crippen LogP contribution in [0.1, 0.15) is 39.2 Å². The van der Waals surface area contributed by atoms with Gasteiger partial charge in [0.25, 0.3) is 0 Å². The molecule has 1 saturated heterocycles. The molecule has 4 unspecified atom stereocenters. The monoisotopic (exact) mass is 480 g/mol. The number of allylic oxidation sites excluding steroid dienone is 2. The van der Waals surface area contributed by atoms with Crippen molar-refractivity contribution in [3.63, 3.8) is 0 Å². The maximum Gasteiger partial charge on any atom is 0.245 e. The lowest BCUT2D eigenvalue weighted by molar-refractivity contribution is -0.143. The summed E-state index contributed by atoms with van der Waals surface area (Å²) < 4.78 is 0. The molecule has 2 bridgehead atoms. The van der Waals surface area contributed by atoms with Gasteiger partial charge in [-0.15, -0.1) is 11.3 Å². The van der Waals surface area contributed by atoms with E-state index in [1.807, 2.05) is 12.2 Å². The van der Waals surface area contributed by atoms with Crippen LogP contribution in [0.2, 0.25) is 5.02 Å². The largest absolute Gasteiger partial charge is 0.316 e. The first-order chi connectivity index (χ1) is 15.9. The second-order valence-electron chi connectivity index (χ2n) is 9.21. The number of ketones is 1. The number of anilines is 1. The van der Waals surface area contributed by atoms with E-state index >= 15 is 0 Å². The Bertz CT molecular complexity index is 1220. The summed E-state index contributed by atoms with van der Waals surface area (Å²) in [7, 11) is 0. The van der Waals surface area contributed by atoms with Crippen LogP contribution in [0.4, 0.5) is 5.00 Å². The minimum absolute atomic E-state index is 0.105. The molecule has 1 aromatic carbocycles. The second kappa shape index (κ2) is 7.64. The van der Waals surface area contributed by atoms with Crippen LogP contribution < -0.4 is 5.32 Å². The lowest BCUT2D eigenvalue weighted by atomic mass is 9.85. The number of carbonyl (C=O) groups excluding carboxylic acids is 4. The van der Waals surface area contributed by atoms with E-state index in [9.17, 15) is 19.2 Å². The van der Waals surface area contributed by atoms with Crippen molar-refractivity contribution in [3.05, 3.63) is 63.0 Å². The van der Waals surface area contributed by atoms with Gasteiger partial charge in [-0.3, -0.25) is 24.1 Å². The number of hydrogen-bond donors (Lipinski definition) is 1. The Kier molecular flexibility index (Phi) is 4.82. The third-order valence-corrected chi connectivity index (χ3v) is 8.83. The number of nitrogens with one attached hydrogen (secondary N) is 1. The van der Waals surface area contributed by atoms with Crippen molar-refractivity contribution >= 4 is 51.4 Å². The molecule has 3 amide bonds. The van der Waals surface area contributed by atoms with Crippen LogP contribution in [-0.4, -0.2) is 34.9 Å². The van der Waals surface area contributed by atoms with Gasteiger partial charge >= 0.3 is 0 Å². The molecule has 0 radical (unpaired) electrons. The zero-order valence-corrected chi connectivity index (χ0v) is 19.2. The summed E-state index contributed by atoms with van der Waals surface area (Å²) in [6.45, 7) is -0.318. The van der Waals surface area contributed by atoms with Gasteiger partial charge in [-0.1, -0.05) is 23.8 Å². The number of fused-ring (bicyclic) bond motifs is 6. The Morgan fingerprint density at radius 2 is 1.70 bits per heavy atom. The highest BCUT2D eigenvalue weighted by Crippen LogP contribution is 2.52. The summed E-state index contributed by atoms with van der Waals surface area (Å²) in [5.41, 5.74) is 2.00. The summed E-state index contributed by atoms with van der Waals surface area (Å²) in [5, 5.41) is 3.88. The average Bonchev–Trinajstić information content (AvgIpc) is 3.59. The third-order valence-electron chi connectivity index (χ3n) is 7.37. The number of thiophene rings is 1. The van der Waals surface area contributed by atoms with Crippen LogP contribution in [0.25, 0.3) is 0 Å². The van der Waals surface area contributed by atoms with Gasteiger partial charge in [-0.2, -0.15) is 0 Å². The Balaban J connectivity index is 1.23. The third kappa shape index (κ3) is 3.21. The van der Waals surface area contributed by atoms with E-state index in [1.165, 1.54) is 11.3 Å². The predicted molar refractivity (Wildman–Crippen MR) is 124 cm³/mol. The molecule has 0 spiro atoms. The minimum atomic E-state index is -0.456. The molecule has 4 atom stereocenters. The maximum absolute atomic E-state index is 13.3. The van der Waals surface area contributed by atoms with Crippen molar-refractivity contribution in [2.75, 3.05) is 11.9 Å². The molecule has 33 heavy (non-hydrogen) atoms. The molecule has 1 N–H and O–H groups in total. The normalized spacial score (nSPS) is 26.8. The van der Waals surface area contributed by atoms with E-state index in [2.05, 4.69) is 5.32 Å². The van der Waals surface area contributed by atoms with Crippen LogP contribution >= 0.6 is 22.9 Å². The summed E-state index contributed by atoms with van der Waals surface area (Å²) in [6.07, 6.45) is 7.55. The number of benzene rings is 1. The molecule has 2 heterocycles. The first kappa shape index (κ1) is 20.8. The summed E-state index contributed by atoms with van der Waals surface area (Å²) in [4.78, 5) is 54.3. The number of carbonyl (C=O) groups is 4. The Morgan fingerprint density at radius 1 is 1.03 bits per heavy atom. The van der Waals surface area contributed by atoms with Crippen molar-refractivity contribution < 1.29 is 19.2 Å². The smallest absolute Gasteiger partial charge is 0.245 e. The van der Waals surface area contributed by atoms with E-state index in [0.717, 1.165) is 41.0 Å². The van der Waals surface area contributed by atoms with Crippen LogP contribution in [0.5, 0.6) is 0 Å². The number of likely N-dealkylation sites (tertiary alicyclic amines) is 1. The van der Waals surface area contributed by atoms with Gasteiger partial charge in [0.2, 0.25) is 17.7 Å². The molecule has 2 fully saturated rings. The predicted octanol–water partition coefficient (Wildman–Crippen LogP) is 3.87. The van der Waals surface area contributed by atoms with Crippen molar-refractivity contribution in [3.8, 4) is 0 Å². The highest BCUT2D eigenvalue weighted by Gasteiger charge is 2.59. The lowest BCUT2D eigenvalue weighted by Crippen LogP contribution is -2.39. The first-order valence-electron chi connectivity index (χ1n) is 11.2. The molecule has 1 aromatic heterocycles. The van der Waals surface area contributed by atoms with Gasteiger partial charge in [-0.05, 0) is 67.3 Å². The number of halogens is 1. The molecule has 2 aromatic rings. The SMILES string of the molecule is O=C(CN1C(=O)C2C3C=CC(C3)C2C1=O)Nc1sc2c(c1C(=O)c1ccc(Cl)cc1)CCC2. The van der Waals surface area contributed by atoms with Gasteiger partial charge in [0.1, 0.15) is 11.5 Å². The van der Waals surface area contributed by atoms with E-state index in [4.69, 9.17) is 11.6 Å². The molecule has 168 valence electrons. The Labute approximate surface area is 199 Å². The van der Waals surface area contributed by atoms with Crippen molar-refractivity contribution in [2.24, 2.45) is 23.7 Å². The fourth-order valence-corrected chi connectivity index (χ4v) is 7.34. The van der Waals surface area contributed by atoms with Gasteiger partial charge in [0.05, 0.1) is 17.4 Å². The quantitative estimate of drug-likeness (QED) is 0.400. The fraction of sp³-hybridized carbons (Fsp3) is 0.360. The molecule has 8 heteroatoms. The zero-order chi connectivity index (χ0) is 22.9. The van der Waals surface area contributed by atoms with Crippen molar-refractivity contribution in [1.29, 1.82) is 0 Å². The number of hydrogen-bond acceptors (Lipinski definition) is 5.